The first-order valence-electron chi connectivity index (χ1n) is 21.0. The second-order valence-corrected chi connectivity index (χ2v) is 16.0. The average Bonchev–Trinajstić information content (AvgIpc) is 3.88. The molecule has 8 aromatic carbocycles. The van der Waals surface area contributed by atoms with E-state index in [2.05, 4.69) is 199 Å². The molecule has 1 aliphatic rings. The van der Waals surface area contributed by atoms with Gasteiger partial charge in [0, 0.05) is 39.9 Å². The van der Waals surface area contributed by atoms with Crippen LogP contribution in [0.15, 0.2) is 229 Å². The monoisotopic (exact) mass is 791 g/mol. The van der Waals surface area contributed by atoms with E-state index in [1.54, 1.807) is 6.20 Å². The minimum Gasteiger partial charge on any atom is -0.456 e. The summed E-state index contributed by atoms with van der Waals surface area (Å²) in [4.78, 5) is 15.0. The third kappa shape index (κ3) is 5.80. The zero-order chi connectivity index (χ0) is 41.0. The fourth-order valence-electron chi connectivity index (χ4n) is 9.56. The summed E-state index contributed by atoms with van der Waals surface area (Å²) in [5.41, 5.74) is 17.8. The van der Waals surface area contributed by atoms with Crippen molar-refractivity contribution in [3.8, 4) is 67.3 Å². The van der Waals surface area contributed by atoms with E-state index < -0.39 is 5.41 Å². The summed E-state index contributed by atoms with van der Waals surface area (Å²) in [5.74, 6) is 0.665. The first kappa shape index (κ1) is 35.7. The molecular weight excluding hydrogens is 755 g/mol. The Bertz CT molecular complexity index is 3390. The van der Waals surface area contributed by atoms with Gasteiger partial charge in [-0.3, -0.25) is 4.98 Å². The van der Waals surface area contributed by atoms with Crippen LogP contribution in [0.25, 0.3) is 89.2 Å². The molecule has 0 atom stereocenters. The van der Waals surface area contributed by atoms with Gasteiger partial charge in [0.2, 0.25) is 0 Å². The van der Waals surface area contributed by atoms with Gasteiger partial charge in [-0.2, -0.15) is 0 Å². The van der Waals surface area contributed by atoms with Crippen LogP contribution in [0.4, 0.5) is 0 Å². The predicted molar refractivity (Wildman–Crippen MR) is 252 cm³/mol. The Morgan fingerprint density at radius 3 is 1.68 bits per heavy atom. The van der Waals surface area contributed by atoms with Crippen molar-refractivity contribution < 1.29 is 4.42 Å². The summed E-state index contributed by atoms with van der Waals surface area (Å²) in [6.45, 7) is 0. The molecule has 0 aliphatic heterocycles. The largest absolute Gasteiger partial charge is 0.456 e. The van der Waals surface area contributed by atoms with Crippen LogP contribution in [-0.4, -0.2) is 15.0 Å². The van der Waals surface area contributed by atoms with Crippen LogP contribution in [-0.2, 0) is 5.41 Å². The zero-order valence-electron chi connectivity index (χ0n) is 33.6. The minimum atomic E-state index is -0.521. The number of pyridine rings is 1. The Labute approximate surface area is 359 Å². The lowest BCUT2D eigenvalue weighted by molar-refractivity contribution is 0.669. The smallest absolute Gasteiger partial charge is 0.160 e. The van der Waals surface area contributed by atoms with Gasteiger partial charge in [0.15, 0.2) is 5.82 Å². The molecule has 0 radical (unpaired) electrons. The Morgan fingerprint density at radius 1 is 0.355 bits per heavy atom. The Morgan fingerprint density at radius 2 is 0.935 bits per heavy atom. The molecule has 0 saturated carbocycles. The van der Waals surface area contributed by atoms with Gasteiger partial charge < -0.3 is 4.42 Å². The van der Waals surface area contributed by atoms with Crippen LogP contribution in [0.3, 0.4) is 0 Å². The molecular formula is C58H37N3O. The molecule has 62 heavy (non-hydrogen) atoms. The van der Waals surface area contributed by atoms with Gasteiger partial charge >= 0.3 is 0 Å². The molecule has 4 nitrogen and oxygen atoms in total. The maximum absolute atomic E-state index is 6.12. The van der Waals surface area contributed by atoms with Crippen LogP contribution >= 0.6 is 0 Å². The number of furan rings is 1. The number of para-hydroxylation sites is 1. The van der Waals surface area contributed by atoms with Gasteiger partial charge in [0.05, 0.1) is 16.8 Å². The summed E-state index contributed by atoms with van der Waals surface area (Å²) < 4.78 is 6.12. The number of nitrogens with zero attached hydrogens (tertiary/aromatic N) is 3. The standard InChI is InChI=1S/C58H37N3O/c1-3-13-45(14-4-1)58(46-15-5-2-6-16-46)51-19-9-7-17-47(51)48-31-29-43(35-52(48)58)54-36-53(60-57(61-54)41-27-23-39(24-28-41)44-12-11-33-59-37-44)40-25-21-38(22-26-40)42-30-32-56-50(34-42)49-18-8-10-20-55(49)62-56/h1-37H. The molecule has 0 N–H and O–H groups in total. The highest BCUT2D eigenvalue weighted by molar-refractivity contribution is 6.06. The van der Waals surface area contributed by atoms with Crippen molar-refractivity contribution >= 4 is 21.9 Å². The third-order valence-corrected chi connectivity index (χ3v) is 12.5. The number of benzene rings is 8. The molecule has 0 fully saturated rings. The summed E-state index contributed by atoms with van der Waals surface area (Å²) in [6, 6.07) is 75.6. The second-order valence-electron chi connectivity index (χ2n) is 16.0. The van der Waals surface area contributed by atoms with Gasteiger partial charge in [-0.05, 0) is 92.0 Å². The van der Waals surface area contributed by atoms with Gasteiger partial charge in [-0.1, -0.05) is 176 Å². The van der Waals surface area contributed by atoms with Crippen molar-refractivity contribution in [3.05, 3.63) is 247 Å². The molecule has 290 valence electrons. The molecule has 11 aromatic rings. The first-order valence-corrected chi connectivity index (χ1v) is 21.0. The molecule has 3 heterocycles. The SMILES string of the molecule is c1ccc(C2(c3ccccc3)c3ccccc3-c3ccc(-c4cc(-c5ccc(-c6ccc7oc8ccccc8c7c6)cc5)nc(-c5ccc(-c6cccnc6)cc5)n4)cc32)cc1. The van der Waals surface area contributed by atoms with E-state index >= 15 is 0 Å². The fraction of sp³-hybridized carbons (Fsp3) is 0.0172. The average molecular weight is 792 g/mol. The maximum Gasteiger partial charge on any atom is 0.160 e. The lowest BCUT2D eigenvalue weighted by atomic mass is 9.67. The van der Waals surface area contributed by atoms with E-state index in [-0.39, 0.29) is 0 Å². The Kier molecular flexibility index (Phi) is 8.36. The molecule has 0 saturated heterocycles. The molecule has 1 aliphatic carbocycles. The van der Waals surface area contributed by atoms with Crippen molar-refractivity contribution in [2.75, 3.05) is 0 Å². The van der Waals surface area contributed by atoms with Crippen LogP contribution in [0.1, 0.15) is 22.3 Å². The highest BCUT2D eigenvalue weighted by atomic mass is 16.3. The van der Waals surface area contributed by atoms with Gasteiger partial charge in [0.25, 0.3) is 0 Å². The van der Waals surface area contributed by atoms with Crippen LogP contribution in [0.2, 0.25) is 0 Å². The highest BCUT2D eigenvalue weighted by Crippen LogP contribution is 2.56. The van der Waals surface area contributed by atoms with Gasteiger partial charge in [0.1, 0.15) is 11.2 Å². The maximum atomic E-state index is 6.12. The number of aromatic nitrogens is 3. The van der Waals surface area contributed by atoms with E-state index in [4.69, 9.17) is 14.4 Å². The predicted octanol–water partition coefficient (Wildman–Crippen LogP) is 14.5. The quantitative estimate of drug-likeness (QED) is 0.161. The van der Waals surface area contributed by atoms with Crippen LogP contribution in [0.5, 0.6) is 0 Å². The van der Waals surface area contributed by atoms with Gasteiger partial charge in [-0.25, -0.2) is 9.97 Å². The van der Waals surface area contributed by atoms with Crippen LogP contribution < -0.4 is 0 Å². The summed E-state index contributed by atoms with van der Waals surface area (Å²) in [7, 11) is 0. The van der Waals surface area contributed by atoms with Crippen molar-refractivity contribution in [1.82, 2.24) is 15.0 Å². The zero-order valence-corrected chi connectivity index (χ0v) is 33.6. The number of hydrogen-bond donors (Lipinski definition) is 0. The molecule has 12 rings (SSSR count). The molecule has 4 heteroatoms. The molecule has 0 unspecified atom stereocenters. The molecule has 3 aromatic heterocycles. The van der Waals surface area contributed by atoms with Crippen LogP contribution in [0, 0.1) is 0 Å². The second kappa shape index (κ2) is 14.5. The summed E-state index contributed by atoms with van der Waals surface area (Å²) >= 11 is 0. The fourth-order valence-corrected chi connectivity index (χ4v) is 9.56. The molecule has 0 bridgehead atoms. The van der Waals surface area contributed by atoms with E-state index in [0.29, 0.717) is 5.82 Å². The van der Waals surface area contributed by atoms with Crippen molar-refractivity contribution in [3.63, 3.8) is 0 Å². The van der Waals surface area contributed by atoms with E-state index in [9.17, 15) is 0 Å². The molecule has 0 spiro atoms. The van der Waals surface area contributed by atoms with E-state index in [1.807, 2.05) is 24.4 Å². The summed E-state index contributed by atoms with van der Waals surface area (Å²) in [5, 5.41) is 2.23. The number of hydrogen-bond acceptors (Lipinski definition) is 4. The summed E-state index contributed by atoms with van der Waals surface area (Å²) in [6.07, 6.45) is 3.69. The van der Waals surface area contributed by atoms with Crippen molar-refractivity contribution in [2.24, 2.45) is 0 Å². The highest BCUT2D eigenvalue weighted by Gasteiger charge is 2.46. The van der Waals surface area contributed by atoms with E-state index in [1.165, 1.54) is 33.4 Å². The van der Waals surface area contributed by atoms with Gasteiger partial charge in [-0.15, -0.1) is 0 Å². The minimum absolute atomic E-state index is 0.521. The van der Waals surface area contributed by atoms with E-state index in [0.717, 1.165) is 72.3 Å². The lowest BCUT2D eigenvalue weighted by Gasteiger charge is -2.34. The number of fused-ring (bicyclic) bond motifs is 6. The van der Waals surface area contributed by atoms with Crippen molar-refractivity contribution in [2.45, 2.75) is 5.41 Å². The first-order chi connectivity index (χ1) is 30.7. The third-order valence-electron chi connectivity index (χ3n) is 12.5. The normalized spacial score (nSPS) is 12.6. The van der Waals surface area contributed by atoms with Crippen molar-refractivity contribution in [1.29, 1.82) is 0 Å². The lowest BCUT2D eigenvalue weighted by Crippen LogP contribution is -2.28. The topological polar surface area (TPSA) is 51.8 Å². The Balaban J connectivity index is 1.01. The molecule has 0 amide bonds. The number of rotatable bonds is 7. The Hall–Kier alpha value is -8.21.